The number of benzene rings is 1. The Morgan fingerprint density at radius 1 is 0.917 bits per heavy atom. The first-order valence-corrected chi connectivity index (χ1v) is 7.63. The summed E-state index contributed by atoms with van der Waals surface area (Å²) in [4.78, 5) is 23.9. The molecule has 1 aromatic rings. The minimum absolute atomic E-state index is 0.199. The van der Waals surface area contributed by atoms with Gasteiger partial charge in [-0.2, -0.15) is 0 Å². The molecule has 0 atom stereocenters. The van der Waals surface area contributed by atoms with Crippen LogP contribution in [-0.4, -0.2) is 28.5 Å². The molecule has 0 unspecified atom stereocenters. The summed E-state index contributed by atoms with van der Waals surface area (Å²) in [6.45, 7) is 10.3. The lowest BCUT2D eigenvalue weighted by Gasteiger charge is -2.22. The maximum Gasteiger partial charge on any atom is 0.412 e. The molecule has 0 fully saturated rings. The van der Waals surface area contributed by atoms with E-state index in [1.165, 1.54) is 0 Å². The highest BCUT2D eigenvalue weighted by molar-refractivity contribution is 5.95. The molecule has 24 heavy (non-hydrogen) atoms. The second kappa shape index (κ2) is 7.53. The monoisotopic (exact) mass is 338 g/mol. The first-order valence-electron chi connectivity index (χ1n) is 7.63. The van der Waals surface area contributed by atoms with Crippen LogP contribution in [0.25, 0.3) is 0 Å². The van der Waals surface area contributed by atoms with Gasteiger partial charge in [0.25, 0.3) is 0 Å². The van der Waals surface area contributed by atoms with Crippen LogP contribution in [0.2, 0.25) is 0 Å². The Kier molecular flexibility index (Phi) is 6.20. The Hall–Kier alpha value is -2.28. The van der Waals surface area contributed by atoms with Crippen molar-refractivity contribution < 1.29 is 24.2 Å². The van der Waals surface area contributed by atoms with Gasteiger partial charge in [0.15, 0.2) is 0 Å². The van der Waals surface area contributed by atoms with Crippen molar-refractivity contribution >= 4 is 23.6 Å². The third kappa shape index (κ3) is 7.32. The molecule has 0 saturated carbocycles. The summed E-state index contributed by atoms with van der Waals surface area (Å²) < 4.78 is 10.4. The van der Waals surface area contributed by atoms with Crippen molar-refractivity contribution in [3.05, 3.63) is 23.8 Å². The average molecular weight is 338 g/mol. The van der Waals surface area contributed by atoms with E-state index in [0.29, 0.717) is 16.9 Å². The lowest BCUT2D eigenvalue weighted by atomic mass is 10.1. The summed E-state index contributed by atoms with van der Waals surface area (Å²) in [6.07, 6.45) is -1.31. The number of carbonyl (C=O) groups is 2. The van der Waals surface area contributed by atoms with Crippen molar-refractivity contribution in [2.24, 2.45) is 0 Å². The van der Waals surface area contributed by atoms with Crippen molar-refractivity contribution in [2.45, 2.75) is 59.4 Å². The van der Waals surface area contributed by atoms with Crippen LogP contribution < -0.4 is 10.6 Å². The van der Waals surface area contributed by atoms with Crippen molar-refractivity contribution in [2.75, 3.05) is 10.6 Å². The lowest BCUT2D eigenvalue weighted by molar-refractivity contribution is 0.0620. The number of aliphatic hydroxyl groups excluding tert-OH is 1. The maximum atomic E-state index is 12.0. The quantitative estimate of drug-likeness (QED) is 0.777. The fourth-order valence-electron chi connectivity index (χ4n) is 1.73. The molecule has 0 saturated heterocycles. The second-order valence-corrected chi connectivity index (χ2v) is 7.29. The first kappa shape index (κ1) is 19.8. The van der Waals surface area contributed by atoms with Crippen molar-refractivity contribution in [3.63, 3.8) is 0 Å². The van der Waals surface area contributed by atoms with E-state index in [1.807, 2.05) is 0 Å². The minimum atomic E-state index is -0.662. The predicted molar refractivity (Wildman–Crippen MR) is 92.1 cm³/mol. The molecule has 0 bridgehead atoms. The van der Waals surface area contributed by atoms with E-state index in [0.717, 1.165) is 0 Å². The number of rotatable bonds is 3. The topological polar surface area (TPSA) is 96.9 Å². The van der Waals surface area contributed by atoms with E-state index >= 15 is 0 Å². The Morgan fingerprint density at radius 3 is 1.79 bits per heavy atom. The molecule has 0 aliphatic carbocycles. The van der Waals surface area contributed by atoms with Crippen LogP contribution in [0.3, 0.4) is 0 Å². The molecule has 0 aromatic heterocycles. The molecule has 0 aliphatic heterocycles. The smallest absolute Gasteiger partial charge is 0.412 e. The fraction of sp³-hybridized carbons (Fsp3) is 0.529. The predicted octanol–water partition coefficient (Wildman–Crippen LogP) is 3.87. The van der Waals surface area contributed by atoms with E-state index in [2.05, 4.69) is 10.6 Å². The molecule has 0 radical (unpaired) electrons. The van der Waals surface area contributed by atoms with E-state index in [9.17, 15) is 14.7 Å². The molecule has 2 amide bonds. The minimum Gasteiger partial charge on any atom is -0.444 e. The van der Waals surface area contributed by atoms with Crippen LogP contribution in [0, 0.1) is 0 Å². The maximum absolute atomic E-state index is 12.0. The molecule has 1 aromatic carbocycles. The van der Waals surface area contributed by atoms with Crippen molar-refractivity contribution in [1.29, 1.82) is 0 Å². The zero-order chi connectivity index (χ0) is 18.5. The van der Waals surface area contributed by atoms with Crippen LogP contribution in [0.1, 0.15) is 47.1 Å². The Morgan fingerprint density at radius 2 is 1.38 bits per heavy atom. The Labute approximate surface area is 142 Å². The number of amides is 2. The number of ether oxygens (including phenoxy) is 2. The molecular weight excluding hydrogens is 312 g/mol. The highest BCUT2D eigenvalue weighted by Crippen LogP contribution is 2.25. The number of carbonyl (C=O) groups excluding carboxylic acids is 2. The van der Waals surface area contributed by atoms with E-state index in [1.54, 1.807) is 59.7 Å². The number of hydrogen-bond donors (Lipinski definition) is 3. The van der Waals surface area contributed by atoms with Gasteiger partial charge in [-0.3, -0.25) is 10.6 Å². The highest BCUT2D eigenvalue weighted by atomic mass is 16.6. The van der Waals surface area contributed by atoms with Crippen LogP contribution in [0.5, 0.6) is 0 Å². The lowest BCUT2D eigenvalue weighted by Crippen LogP contribution is -2.29. The highest BCUT2D eigenvalue weighted by Gasteiger charge is 2.20. The molecule has 1 rings (SSSR count). The molecule has 134 valence electrons. The fourth-order valence-corrected chi connectivity index (χ4v) is 1.73. The third-order valence-electron chi connectivity index (χ3n) is 2.54. The number of aliphatic hydroxyl groups is 1. The molecule has 3 N–H and O–H groups in total. The standard InChI is InChI=1S/C17H26N2O5/c1-16(2,3)23-14(21)18-12-8-7-11(10-20)9-13(12)19-15(22)24-17(4,5)6/h7-9,20H,10H2,1-6H3,(H,18,21)(H,19,22). The van der Waals surface area contributed by atoms with Gasteiger partial charge >= 0.3 is 12.2 Å². The molecule has 0 aliphatic rings. The average Bonchev–Trinajstić information content (AvgIpc) is 2.36. The Bertz CT molecular complexity index is 600. The van der Waals surface area contributed by atoms with Gasteiger partial charge in [0.2, 0.25) is 0 Å². The van der Waals surface area contributed by atoms with E-state index in [-0.39, 0.29) is 6.61 Å². The van der Waals surface area contributed by atoms with Gasteiger partial charge in [-0.05, 0) is 59.2 Å². The summed E-state index contributed by atoms with van der Waals surface area (Å²) >= 11 is 0. The van der Waals surface area contributed by atoms with Gasteiger partial charge in [-0.25, -0.2) is 9.59 Å². The summed E-state index contributed by atoms with van der Waals surface area (Å²) in [7, 11) is 0. The molecule has 0 heterocycles. The van der Waals surface area contributed by atoms with Gasteiger partial charge in [0.05, 0.1) is 18.0 Å². The van der Waals surface area contributed by atoms with Crippen LogP contribution >= 0.6 is 0 Å². The molecule has 7 nitrogen and oxygen atoms in total. The molecule has 0 spiro atoms. The normalized spacial score (nSPS) is 11.6. The van der Waals surface area contributed by atoms with E-state index < -0.39 is 23.4 Å². The van der Waals surface area contributed by atoms with Gasteiger partial charge in [-0.1, -0.05) is 6.07 Å². The van der Waals surface area contributed by atoms with Crippen molar-refractivity contribution in [1.82, 2.24) is 0 Å². The van der Waals surface area contributed by atoms with Crippen LogP contribution in [0.4, 0.5) is 21.0 Å². The van der Waals surface area contributed by atoms with Crippen LogP contribution in [0.15, 0.2) is 18.2 Å². The Balaban J connectivity index is 2.96. The number of anilines is 2. The summed E-state index contributed by atoms with van der Waals surface area (Å²) in [5.41, 5.74) is -0.0737. The van der Waals surface area contributed by atoms with Gasteiger partial charge in [0, 0.05) is 0 Å². The summed E-state index contributed by atoms with van der Waals surface area (Å²) in [5, 5.41) is 14.4. The summed E-state index contributed by atoms with van der Waals surface area (Å²) in [5.74, 6) is 0. The largest absolute Gasteiger partial charge is 0.444 e. The van der Waals surface area contributed by atoms with Crippen molar-refractivity contribution in [3.8, 4) is 0 Å². The number of hydrogen-bond acceptors (Lipinski definition) is 5. The van der Waals surface area contributed by atoms with Gasteiger partial charge < -0.3 is 14.6 Å². The third-order valence-corrected chi connectivity index (χ3v) is 2.54. The van der Waals surface area contributed by atoms with Crippen LogP contribution in [-0.2, 0) is 16.1 Å². The zero-order valence-electron chi connectivity index (χ0n) is 15.0. The van der Waals surface area contributed by atoms with Gasteiger partial charge in [0.1, 0.15) is 11.2 Å². The molecular formula is C17H26N2O5. The SMILES string of the molecule is CC(C)(C)OC(=O)Nc1ccc(CO)cc1NC(=O)OC(C)(C)C. The summed E-state index contributed by atoms with van der Waals surface area (Å²) in [6, 6.07) is 4.76. The first-order chi connectivity index (χ1) is 10.9. The number of nitrogens with one attached hydrogen (secondary N) is 2. The van der Waals surface area contributed by atoms with Gasteiger partial charge in [-0.15, -0.1) is 0 Å². The zero-order valence-corrected chi connectivity index (χ0v) is 15.0. The second-order valence-electron chi connectivity index (χ2n) is 7.29. The van der Waals surface area contributed by atoms with E-state index in [4.69, 9.17) is 9.47 Å². The molecule has 7 heteroatoms.